The van der Waals surface area contributed by atoms with Crippen LogP contribution in [0.5, 0.6) is 0 Å². The minimum absolute atomic E-state index is 0.320. The van der Waals surface area contributed by atoms with Crippen molar-refractivity contribution in [2.75, 3.05) is 0 Å². The molecule has 0 aliphatic heterocycles. The molecule has 0 unspecified atom stereocenters. The average molecular weight is 718 g/mol. The van der Waals surface area contributed by atoms with Crippen molar-refractivity contribution in [3.05, 3.63) is 0 Å². The molecule has 0 aromatic heterocycles. The first kappa shape index (κ1) is 44.7. The number of carboxylic acid groups (broad SMARTS) is 4. The molecule has 12 N–H and O–H groups in total. The van der Waals surface area contributed by atoms with Crippen molar-refractivity contribution in [2.24, 2.45) is 17.6 Å². The average Bonchev–Trinajstić information content (AvgIpc) is 2.99. The molecule has 0 radical (unpaired) electrons. The second-order valence-corrected chi connectivity index (χ2v) is 11.9. The normalized spacial score (nSPS) is 15.7. The summed E-state index contributed by atoms with van der Waals surface area (Å²) in [7, 11) is 0. The highest BCUT2D eigenvalue weighted by atomic mass is 16.4. The number of hydrogen-bond acceptors (Lipinski definition) is 11. The molecule has 0 saturated carbocycles. The van der Waals surface area contributed by atoms with Crippen LogP contribution in [-0.2, 0) is 47.9 Å². The number of nitrogens with two attached hydrogens (primary N) is 1. The zero-order valence-corrected chi connectivity index (χ0v) is 28.5. The standard InChI is InChI=1S/C29H47N7O14/c1-7-12(4)22(28(48)35-21(11(2)3)29(49)50)36-27(47)17(10-20(41)42)33-24(44)14(6)31-25(45)15(8-18(37)38)34-26(46)16(9-19(39)40)32-23(43)13(5)30/h11-17,21-22H,7-10,30H2,1-6H3,(H,31,45)(H,32,43)(H,33,44)(H,34,46)(H,35,48)(H,36,47)(H,37,38)(H,39,40)(H,41,42)(H,49,50)/t12-,13-,14-,15-,16-,17-,21-,22-/m0/s1. The monoisotopic (exact) mass is 717 g/mol. The number of aliphatic carboxylic acids is 4. The summed E-state index contributed by atoms with van der Waals surface area (Å²) in [5.74, 6) is -13.7. The van der Waals surface area contributed by atoms with Crippen molar-refractivity contribution in [1.82, 2.24) is 31.9 Å². The molecule has 0 bridgehead atoms. The van der Waals surface area contributed by atoms with E-state index >= 15 is 0 Å². The maximum Gasteiger partial charge on any atom is 0.326 e. The second kappa shape index (κ2) is 20.9. The van der Waals surface area contributed by atoms with Crippen LogP contribution in [0, 0.1) is 11.8 Å². The van der Waals surface area contributed by atoms with Gasteiger partial charge in [-0.05, 0) is 25.7 Å². The molecular weight excluding hydrogens is 670 g/mol. The van der Waals surface area contributed by atoms with E-state index in [1.165, 1.54) is 6.92 Å². The van der Waals surface area contributed by atoms with Crippen LogP contribution in [0.15, 0.2) is 0 Å². The topological polar surface area (TPSA) is 350 Å². The SMILES string of the molecule is CC[C@H](C)[C@H](NC(=O)[C@H](CC(=O)O)NC(=O)[C@H](C)NC(=O)[C@H](CC(=O)O)NC(=O)[C@H](CC(=O)O)NC(=O)[C@H](C)N)C(=O)N[C@H](C(=O)O)C(C)C. The predicted molar refractivity (Wildman–Crippen MR) is 170 cm³/mol. The van der Waals surface area contributed by atoms with Crippen molar-refractivity contribution >= 4 is 59.3 Å². The Bertz CT molecular complexity index is 1300. The van der Waals surface area contributed by atoms with E-state index in [1.807, 2.05) is 5.32 Å². The minimum Gasteiger partial charge on any atom is -0.481 e. The largest absolute Gasteiger partial charge is 0.481 e. The summed E-state index contributed by atoms with van der Waals surface area (Å²) in [4.78, 5) is 123. The molecule has 0 aromatic carbocycles. The van der Waals surface area contributed by atoms with Gasteiger partial charge >= 0.3 is 23.9 Å². The van der Waals surface area contributed by atoms with Gasteiger partial charge in [0.15, 0.2) is 0 Å². The Morgan fingerprint density at radius 1 is 0.500 bits per heavy atom. The molecule has 0 aromatic rings. The Balaban J connectivity index is 5.98. The highest BCUT2D eigenvalue weighted by molar-refractivity contribution is 5.99. The van der Waals surface area contributed by atoms with E-state index in [1.54, 1.807) is 27.7 Å². The van der Waals surface area contributed by atoms with Gasteiger partial charge in [-0.25, -0.2) is 4.79 Å². The molecule has 282 valence electrons. The first-order chi connectivity index (χ1) is 23.0. The van der Waals surface area contributed by atoms with Crippen molar-refractivity contribution < 1.29 is 68.4 Å². The summed E-state index contributed by atoms with van der Waals surface area (Å²) >= 11 is 0. The third-order valence-corrected chi connectivity index (χ3v) is 7.22. The van der Waals surface area contributed by atoms with Crippen LogP contribution in [0.3, 0.4) is 0 Å². The van der Waals surface area contributed by atoms with Crippen LogP contribution in [0.1, 0.15) is 67.2 Å². The van der Waals surface area contributed by atoms with E-state index in [0.717, 1.165) is 6.92 Å². The summed E-state index contributed by atoms with van der Waals surface area (Å²) in [6.07, 6.45) is -2.70. The van der Waals surface area contributed by atoms with Crippen molar-refractivity contribution in [3.63, 3.8) is 0 Å². The fourth-order valence-corrected chi connectivity index (χ4v) is 4.12. The fraction of sp³-hybridized carbons (Fsp3) is 0.655. The number of hydrogen-bond donors (Lipinski definition) is 11. The van der Waals surface area contributed by atoms with Gasteiger partial charge in [0.1, 0.15) is 36.3 Å². The predicted octanol–water partition coefficient (Wildman–Crippen LogP) is -3.53. The van der Waals surface area contributed by atoms with Crippen LogP contribution in [0.2, 0.25) is 0 Å². The highest BCUT2D eigenvalue weighted by Gasteiger charge is 2.35. The van der Waals surface area contributed by atoms with Gasteiger partial charge in [0.25, 0.3) is 0 Å². The van der Waals surface area contributed by atoms with E-state index in [9.17, 15) is 63.3 Å². The number of carboxylic acids is 4. The fourth-order valence-electron chi connectivity index (χ4n) is 4.12. The number of amides is 6. The lowest BCUT2D eigenvalue weighted by Crippen LogP contribution is -2.60. The third kappa shape index (κ3) is 15.7. The lowest BCUT2D eigenvalue weighted by molar-refractivity contribution is -0.144. The van der Waals surface area contributed by atoms with Crippen LogP contribution in [-0.4, -0.2) is 122 Å². The number of nitrogens with one attached hydrogen (secondary N) is 6. The summed E-state index contributed by atoms with van der Waals surface area (Å²) < 4.78 is 0. The third-order valence-electron chi connectivity index (χ3n) is 7.22. The highest BCUT2D eigenvalue weighted by Crippen LogP contribution is 2.11. The summed E-state index contributed by atoms with van der Waals surface area (Å²) in [6.45, 7) is 8.66. The maximum atomic E-state index is 13.2. The van der Waals surface area contributed by atoms with E-state index in [0.29, 0.717) is 6.42 Å². The Hall–Kier alpha value is -5.34. The second-order valence-electron chi connectivity index (χ2n) is 11.9. The van der Waals surface area contributed by atoms with E-state index in [-0.39, 0.29) is 0 Å². The first-order valence-corrected chi connectivity index (χ1v) is 15.5. The van der Waals surface area contributed by atoms with Gasteiger partial charge in [-0.15, -0.1) is 0 Å². The van der Waals surface area contributed by atoms with Gasteiger partial charge < -0.3 is 58.1 Å². The molecule has 0 fully saturated rings. The van der Waals surface area contributed by atoms with Crippen LogP contribution in [0.4, 0.5) is 0 Å². The molecule has 21 nitrogen and oxygen atoms in total. The lowest BCUT2D eigenvalue weighted by atomic mass is 9.96. The smallest absolute Gasteiger partial charge is 0.326 e. The Kier molecular flexibility index (Phi) is 18.7. The molecule has 0 heterocycles. The number of carbonyl (C=O) groups is 10. The Labute approximate surface area is 286 Å². The molecule has 50 heavy (non-hydrogen) atoms. The van der Waals surface area contributed by atoms with Crippen molar-refractivity contribution in [2.45, 2.75) is 110 Å². The Morgan fingerprint density at radius 2 is 0.860 bits per heavy atom. The first-order valence-electron chi connectivity index (χ1n) is 15.5. The molecule has 0 saturated heterocycles. The number of rotatable bonds is 22. The van der Waals surface area contributed by atoms with Gasteiger partial charge in [-0.2, -0.15) is 0 Å². The van der Waals surface area contributed by atoms with Crippen LogP contribution < -0.4 is 37.6 Å². The van der Waals surface area contributed by atoms with E-state index < -0.39 is 133 Å². The van der Waals surface area contributed by atoms with Gasteiger partial charge in [0, 0.05) is 0 Å². The van der Waals surface area contributed by atoms with E-state index in [2.05, 4.69) is 26.6 Å². The molecule has 6 amide bonds. The summed E-state index contributed by atoms with van der Waals surface area (Å²) in [6, 6.07) is -10.9. The molecule has 0 spiro atoms. The van der Waals surface area contributed by atoms with Crippen LogP contribution in [0.25, 0.3) is 0 Å². The summed E-state index contributed by atoms with van der Waals surface area (Å²) in [5.41, 5.74) is 5.42. The van der Waals surface area contributed by atoms with Crippen LogP contribution >= 0.6 is 0 Å². The quantitative estimate of drug-likeness (QED) is 0.0517. The number of carbonyl (C=O) groups excluding carboxylic acids is 6. The van der Waals surface area contributed by atoms with Crippen molar-refractivity contribution in [3.8, 4) is 0 Å². The maximum absolute atomic E-state index is 13.2. The zero-order valence-electron chi connectivity index (χ0n) is 28.5. The van der Waals surface area contributed by atoms with Gasteiger partial charge in [-0.1, -0.05) is 34.1 Å². The van der Waals surface area contributed by atoms with Gasteiger partial charge in [0.2, 0.25) is 35.4 Å². The molecular formula is C29H47N7O14. The van der Waals surface area contributed by atoms with Gasteiger partial charge in [0.05, 0.1) is 25.3 Å². The molecule has 0 aliphatic carbocycles. The minimum atomic E-state index is -1.91. The van der Waals surface area contributed by atoms with Crippen molar-refractivity contribution in [1.29, 1.82) is 0 Å². The molecule has 8 atom stereocenters. The lowest BCUT2D eigenvalue weighted by Gasteiger charge is -2.28. The molecule has 0 aliphatic rings. The molecule has 0 rings (SSSR count). The van der Waals surface area contributed by atoms with Gasteiger partial charge in [-0.3, -0.25) is 43.2 Å². The Morgan fingerprint density at radius 3 is 1.22 bits per heavy atom. The molecule has 21 heteroatoms. The summed E-state index contributed by atoms with van der Waals surface area (Å²) in [5, 5.41) is 50.2. The van der Waals surface area contributed by atoms with E-state index in [4.69, 9.17) is 10.8 Å². The zero-order chi connectivity index (χ0) is 39.0.